The lowest BCUT2D eigenvalue weighted by molar-refractivity contribution is 0.0979. The molecule has 1 saturated heterocycles. The summed E-state index contributed by atoms with van der Waals surface area (Å²) in [6.07, 6.45) is 9.54. The molecule has 0 radical (unpaired) electrons. The summed E-state index contributed by atoms with van der Waals surface area (Å²) in [5.74, 6) is 1.20. The maximum absolute atomic E-state index is 5.77. The van der Waals surface area contributed by atoms with Crippen molar-refractivity contribution in [2.45, 2.75) is 25.5 Å². The zero-order valence-corrected chi connectivity index (χ0v) is 17.2. The average Bonchev–Trinajstić information content (AvgIpc) is 3.42. The fraction of sp³-hybridized carbons (Fsp3) is 0.318. The van der Waals surface area contributed by atoms with Crippen LogP contribution >= 0.6 is 0 Å². The first kappa shape index (κ1) is 19.9. The van der Waals surface area contributed by atoms with Crippen molar-refractivity contribution < 1.29 is 9.47 Å². The largest absolute Gasteiger partial charge is 0.496 e. The Morgan fingerprint density at radius 1 is 1.43 bits per heavy atom. The lowest BCUT2D eigenvalue weighted by atomic mass is 10.1. The van der Waals surface area contributed by atoms with Crippen molar-refractivity contribution in [3.8, 4) is 5.75 Å². The molecule has 3 aromatic rings. The molecule has 0 bridgehead atoms. The van der Waals surface area contributed by atoms with Gasteiger partial charge in [-0.15, -0.1) is 0 Å². The number of nitrogens with zero attached hydrogens (tertiary/aromatic N) is 4. The molecule has 1 fully saturated rings. The van der Waals surface area contributed by atoms with Crippen LogP contribution < -0.4 is 15.8 Å². The number of nitrogens with two attached hydrogens (primary N) is 1. The van der Waals surface area contributed by atoms with Crippen molar-refractivity contribution in [3.63, 3.8) is 0 Å². The molecule has 1 atom stereocenters. The molecule has 1 aliphatic rings. The number of rotatable bonds is 7. The Kier molecular flexibility index (Phi) is 5.94. The molecule has 2 aromatic heterocycles. The summed E-state index contributed by atoms with van der Waals surface area (Å²) in [4.78, 5) is 13.2. The fourth-order valence-corrected chi connectivity index (χ4v) is 3.66. The molecule has 3 heterocycles. The van der Waals surface area contributed by atoms with E-state index in [0.29, 0.717) is 11.7 Å². The molecule has 1 aliphatic heterocycles. The molecule has 1 unspecified atom stereocenters. The van der Waals surface area contributed by atoms with E-state index in [2.05, 4.69) is 19.9 Å². The zero-order valence-electron chi connectivity index (χ0n) is 17.2. The van der Waals surface area contributed by atoms with Crippen molar-refractivity contribution in [3.05, 3.63) is 48.4 Å². The number of ether oxygens (including phenoxy) is 2. The highest BCUT2D eigenvalue weighted by atomic mass is 16.5. The van der Waals surface area contributed by atoms with Gasteiger partial charge in [0.05, 0.1) is 19.8 Å². The van der Waals surface area contributed by atoms with E-state index in [1.165, 1.54) is 6.20 Å². The lowest BCUT2D eigenvalue weighted by Crippen LogP contribution is -2.14. The van der Waals surface area contributed by atoms with Gasteiger partial charge in [0.25, 0.3) is 0 Å². The highest BCUT2D eigenvalue weighted by Crippen LogP contribution is 2.29. The number of anilines is 2. The molecule has 0 saturated carbocycles. The third kappa shape index (κ3) is 4.13. The summed E-state index contributed by atoms with van der Waals surface area (Å²) in [5, 5.41) is 4.27. The third-order valence-corrected chi connectivity index (χ3v) is 5.14. The second kappa shape index (κ2) is 8.96. The molecule has 0 amide bonds. The maximum Gasteiger partial charge on any atom is 0.229 e. The molecule has 4 rings (SSSR count). The number of methoxy groups -OCH3 is 1. The Labute approximate surface area is 175 Å². The Morgan fingerprint density at radius 3 is 3.07 bits per heavy atom. The van der Waals surface area contributed by atoms with E-state index in [1.807, 2.05) is 36.7 Å². The summed E-state index contributed by atoms with van der Waals surface area (Å²) in [5.41, 5.74) is 9.08. The number of hydrogen-bond donors (Lipinski definition) is 2. The van der Waals surface area contributed by atoms with Crippen LogP contribution in [0, 0.1) is 0 Å². The fourth-order valence-electron chi connectivity index (χ4n) is 3.66. The van der Waals surface area contributed by atoms with Crippen LogP contribution in [0.5, 0.6) is 5.75 Å². The maximum atomic E-state index is 5.77. The number of allylic oxidation sites excluding steroid dienone is 1. The summed E-state index contributed by atoms with van der Waals surface area (Å²) in [7, 11) is 3.33. The number of nitrogens with one attached hydrogen (secondary N) is 1. The van der Waals surface area contributed by atoms with E-state index in [-0.39, 0.29) is 6.10 Å². The van der Waals surface area contributed by atoms with E-state index in [4.69, 9.17) is 20.2 Å². The number of aliphatic imine (C=N–C) groups is 1. The zero-order chi connectivity index (χ0) is 20.9. The van der Waals surface area contributed by atoms with Gasteiger partial charge in [-0.1, -0.05) is 0 Å². The highest BCUT2D eigenvalue weighted by molar-refractivity contribution is 6.10. The van der Waals surface area contributed by atoms with Crippen LogP contribution in [0.25, 0.3) is 16.6 Å². The van der Waals surface area contributed by atoms with Gasteiger partial charge in [-0.25, -0.2) is 4.98 Å². The third-order valence-electron chi connectivity index (χ3n) is 5.14. The van der Waals surface area contributed by atoms with Crippen molar-refractivity contribution >= 4 is 34.5 Å². The SMILES string of the molecule is CN=C/C(=C\N)c1ccc(Nc2ncc3ccn(CC4CCCO4)c3n2)cc1OC. The minimum absolute atomic E-state index is 0.250. The van der Waals surface area contributed by atoms with Gasteiger partial charge in [-0.3, -0.25) is 4.99 Å². The van der Waals surface area contributed by atoms with Gasteiger partial charge in [0.2, 0.25) is 5.95 Å². The Balaban J connectivity index is 1.59. The van der Waals surface area contributed by atoms with E-state index in [0.717, 1.165) is 53.9 Å². The molecule has 3 N–H and O–H groups in total. The van der Waals surface area contributed by atoms with Crippen molar-refractivity contribution in [1.82, 2.24) is 14.5 Å². The molecule has 0 spiro atoms. The Bertz CT molecular complexity index is 1080. The van der Waals surface area contributed by atoms with Crippen molar-refractivity contribution in [2.75, 3.05) is 26.1 Å². The summed E-state index contributed by atoms with van der Waals surface area (Å²) in [6, 6.07) is 7.78. The van der Waals surface area contributed by atoms with E-state index in [9.17, 15) is 0 Å². The minimum atomic E-state index is 0.250. The van der Waals surface area contributed by atoms with E-state index >= 15 is 0 Å². The second-order valence-electron chi connectivity index (χ2n) is 7.13. The van der Waals surface area contributed by atoms with Crippen LogP contribution in [0.15, 0.2) is 47.9 Å². The van der Waals surface area contributed by atoms with Crippen LogP contribution in [-0.4, -0.2) is 47.6 Å². The minimum Gasteiger partial charge on any atom is -0.496 e. The van der Waals surface area contributed by atoms with Gasteiger partial charge in [0.1, 0.15) is 11.4 Å². The number of fused-ring (bicyclic) bond motifs is 1. The monoisotopic (exact) mass is 406 g/mol. The molecule has 156 valence electrons. The standard InChI is InChI=1S/C22H26N6O2/c1-24-12-16(11-23)19-6-5-17(10-20(19)29-2)26-22-25-13-15-7-8-28(21(15)27-22)14-18-4-3-9-30-18/h5-8,10-13,18H,3-4,9,14,23H2,1-2H3,(H,25,26,27)/b16-11+,24-12?. The average molecular weight is 406 g/mol. The number of benzene rings is 1. The van der Waals surface area contributed by atoms with Gasteiger partial charge in [-0.05, 0) is 31.0 Å². The highest BCUT2D eigenvalue weighted by Gasteiger charge is 2.17. The molecule has 8 heteroatoms. The Morgan fingerprint density at radius 2 is 2.33 bits per heavy atom. The molecule has 8 nitrogen and oxygen atoms in total. The molecular formula is C22H26N6O2. The molecule has 0 aliphatic carbocycles. The smallest absolute Gasteiger partial charge is 0.229 e. The second-order valence-corrected chi connectivity index (χ2v) is 7.13. The predicted molar refractivity (Wildman–Crippen MR) is 119 cm³/mol. The summed E-state index contributed by atoms with van der Waals surface area (Å²) >= 11 is 0. The van der Waals surface area contributed by atoms with Crippen LogP contribution in [0.2, 0.25) is 0 Å². The first-order valence-corrected chi connectivity index (χ1v) is 9.95. The topological polar surface area (TPSA) is 99.6 Å². The van der Waals surface area contributed by atoms with Gasteiger partial charge in [0.15, 0.2) is 0 Å². The van der Waals surface area contributed by atoms with Gasteiger partial charge in [-0.2, -0.15) is 4.98 Å². The van der Waals surface area contributed by atoms with Crippen molar-refractivity contribution in [2.24, 2.45) is 10.7 Å². The number of aromatic nitrogens is 3. The van der Waals surface area contributed by atoms with E-state index < -0.39 is 0 Å². The van der Waals surface area contributed by atoms with Crippen LogP contribution in [-0.2, 0) is 11.3 Å². The molecular weight excluding hydrogens is 380 g/mol. The van der Waals surface area contributed by atoms with E-state index in [1.54, 1.807) is 20.4 Å². The predicted octanol–water partition coefficient (Wildman–Crippen LogP) is 3.36. The quantitative estimate of drug-likeness (QED) is 0.584. The number of hydrogen-bond acceptors (Lipinski definition) is 7. The Hall–Kier alpha value is -3.39. The normalized spacial score (nSPS) is 17.1. The summed E-state index contributed by atoms with van der Waals surface area (Å²) < 4.78 is 13.4. The van der Waals surface area contributed by atoms with Gasteiger partial charge < -0.3 is 25.1 Å². The van der Waals surface area contributed by atoms with Gasteiger partial charge in [0, 0.05) is 66.7 Å². The molecule has 30 heavy (non-hydrogen) atoms. The first-order chi connectivity index (χ1) is 14.7. The van der Waals surface area contributed by atoms with Crippen LogP contribution in [0.3, 0.4) is 0 Å². The lowest BCUT2D eigenvalue weighted by Gasteiger charge is -2.13. The van der Waals surface area contributed by atoms with Crippen LogP contribution in [0.1, 0.15) is 18.4 Å². The van der Waals surface area contributed by atoms with Crippen LogP contribution in [0.4, 0.5) is 11.6 Å². The summed E-state index contributed by atoms with van der Waals surface area (Å²) in [6.45, 7) is 1.64. The van der Waals surface area contributed by atoms with Gasteiger partial charge >= 0.3 is 0 Å². The first-order valence-electron chi connectivity index (χ1n) is 9.95. The molecule has 1 aromatic carbocycles. The van der Waals surface area contributed by atoms with Crippen molar-refractivity contribution in [1.29, 1.82) is 0 Å².